The van der Waals surface area contributed by atoms with Gasteiger partial charge in [0.05, 0.1) is 12.5 Å². The first-order valence-corrected chi connectivity index (χ1v) is 8.84. The Hall–Kier alpha value is -3.02. The van der Waals surface area contributed by atoms with Crippen LogP contribution in [0.25, 0.3) is 10.9 Å². The lowest BCUT2D eigenvalue weighted by Gasteiger charge is -2.07. The molecular formula is C20H21N3O3. The van der Waals surface area contributed by atoms with Crippen LogP contribution in [0.4, 0.5) is 5.82 Å². The quantitative estimate of drug-likeness (QED) is 0.540. The number of fused-ring (bicyclic) bond motifs is 1. The third-order valence-corrected chi connectivity index (χ3v) is 4.68. The summed E-state index contributed by atoms with van der Waals surface area (Å²) in [5.74, 6) is 0.851. The van der Waals surface area contributed by atoms with Crippen LogP contribution in [0.5, 0.6) is 5.75 Å². The number of carboxylic acid groups (broad SMARTS) is 1. The molecule has 134 valence electrons. The molecule has 2 aromatic heterocycles. The SMILES string of the molecule is O=C(O)C1CC1c1cc2cc(OCCCNc3ccccn3)ccc2[nH]1. The van der Waals surface area contributed by atoms with Crippen molar-refractivity contribution in [2.24, 2.45) is 5.92 Å². The maximum atomic E-state index is 11.0. The topological polar surface area (TPSA) is 87.2 Å². The van der Waals surface area contributed by atoms with Crippen molar-refractivity contribution in [3.05, 3.63) is 54.4 Å². The van der Waals surface area contributed by atoms with Gasteiger partial charge in [0.25, 0.3) is 0 Å². The highest BCUT2D eigenvalue weighted by Crippen LogP contribution is 2.47. The number of nitrogens with zero attached hydrogens (tertiary/aromatic N) is 1. The van der Waals surface area contributed by atoms with Crippen LogP contribution in [0.3, 0.4) is 0 Å². The molecular weight excluding hydrogens is 330 g/mol. The number of hydrogen-bond acceptors (Lipinski definition) is 4. The number of H-pyrrole nitrogens is 1. The zero-order valence-corrected chi connectivity index (χ0v) is 14.3. The average Bonchev–Trinajstić information content (AvgIpc) is 3.35. The van der Waals surface area contributed by atoms with Crippen LogP contribution in [0, 0.1) is 5.92 Å². The third kappa shape index (κ3) is 3.64. The van der Waals surface area contributed by atoms with Gasteiger partial charge in [-0.15, -0.1) is 0 Å². The molecule has 1 saturated carbocycles. The number of aliphatic carboxylic acids is 1. The molecule has 6 nitrogen and oxygen atoms in total. The highest BCUT2D eigenvalue weighted by atomic mass is 16.5. The van der Waals surface area contributed by atoms with Crippen molar-refractivity contribution in [2.45, 2.75) is 18.8 Å². The molecule has 2 heterocycles. The number of ether oxygens (including phenoxy) is 1. The molecule has 1 fully saturated rings. The Bertz CT molecular complexity index is 907. The largest absolute Gasteiger partial charge is 0.494 e. The maximum Gasteiger partial charge on any atom is 0.307 e. The number of aromatic amines is 1. The molecule has 2 unspecified atom stereocenters. The van der Waals surface area contributed by atoms with Crippen molar-refractivity contribution in [2.75, 3.05) is 18.5 Å². The number of benzene rings is 1. The standard InChI is InChI=1S/C20H21N3O3/c24-20(25)16-12-15(16)18-11-13-10-14(5-6-17(13)23-18)26-9-3-8-22-19-4-1-2-7-21-19/h1-2,4-7,10-11,15-16,23H,3,8-9,12H2,(H,21,22)(H,24,25). The van der Waals surface area contributed by atoms with E-state index in [1.54, 1.807) is 6.20 Å². The normalized spacial score (nSPS) is 18.6. The summed E-state index contributed by atoms with van der Waals surface area (Å²) in [5.41, 5.74) is 2.02. The fraction of sp³-hybridized carbons (Fsp3) is 0.300. The van der Waals surface area contributed by atoms with Gasteiger partial charge in [0.1, 0.15) is 11.6 Å². The second-order valence-corrected chi connectivity index (χ2v) is 6.60. The van der Waals surface area contributed by atoms with Crippen molar-refractivity contribution in [1.82, 2.24) is 9.97 Å². The molecule has 6 heteroatoms. The lowest BCUT2D eigenvalue weighted by Crippen LogP contribution is -2.07. The van der Waals surface area contributed by atoms with E-state index < -0.39 is 5.97 Å². The highest BCUT2D eigenvalue weighted by Gasteiger charge is 2.45. The summed E-state index contributed by atoms with van der Waals surface area (Å²) in [6.45, 7) is 1.41. The van der Waals surface area contributed by atoms with Crippen LogP contribution in [0.1, 0.15) is 24.5 Å². The molecule has 1 aromatic carbocycles. The molecule has 3 N–H and O–H groups in total. The number of nitrogens with one attached hydrogen (secondary N) is 2. The molecule has 2 atom stereocenters. The Labute approximate surface area is 151 Å². The number of rotatable bonds is 8. The highest BCUT2D eigenvalue weighted by molar-refractivity contribution is 5.83. The molecule has 0 saturated heterocycles. The van der Waals surface area contributed by atoms with Gasteiger partial charge < -0.3 is 20.1 Å². The molecule has 1 aliphatic rings. The Morgan fingerprint density at radius 1 is 1.31 bits per heavy atom. The number of aromatic nitrogens is 2. The summed E-state index contributed by atoms with van der Waals surface area (Å²) >= 11 is 0. The van der Waals surface area contributed by atoms with E-state index in [0.717, 1.165) is 47.6 Å². The molecule has 0 amide bonds. The third-order valence-electron chi connectivity index (χ3n) is 4.68. The van der Waals surface area contributed by atoms with E-state index in [4.69, 9.17) is 9.84 Å². The van der Waals surface area contributed by atoms with Gasteiger partial charge in [-0.25, -0.2) is 4.98 Å². The van der Waals surface area contributed by atoms with Crippen LogP contribution in [-0.2, 0) is 4.79 Å². The molecule has 3 aromatic rings. The van der Waals surface area contributed by atoms with Crippen LogP contribution < -0.4 is 10.1 Å². The van der Waals surface area contributed by atoms with Gasteiger partial charge in [-0.1, -0.05) is 6.07 Å². The monoisotopic (exact) mass is 351 g/mol. The van der Waals surface area contributed by atoms with E-state index in [0.29, 0.717) is 6.61 Å². The van der Waals surface area contributed by atoms with Crippen molar-refractivity contribution < 1.29 is 14.6 Å². The molecule has 0 aliphatic heterocycles. The predicted molar refractivity (Wildman–Crippen MR) is 99.6 cm³/mol. The number of hydrogen-bond donors (Lipinski definition) is 3. The fourth-order valence-corrected chi connectivity index (χ4v) is 3.18. The van der Waals surface area contributed by atoms with E-state index >= 15 is 0 Å². The zero-order chi connectivity index (χ0) is 17.9. The molecule has 26 heavy (non-hydrogen) atoms. The Morgan fingerprint density at radius 3 is 3.00 bits per heavy atom. The minimum atomic E-state index is -0.711. The summed E-state index contributed by atoms with van der Waals surface area (Å²) in [7, 11) is 0. The second-order valence-electron chi connectivity index (χ2n) is 6.60. The van der Waals surface area contributed by atoms with Gasteiger partial charge in [-0.2, -0.15) is 0 Å². The second kappa shape index (κ2) is 7.07. The molecule has 0 radical (unpaired) electrons. The molecule has 0 bridgehead atoms. The summed E-state index contributed by atoms with van der Waals surface area (Å²) in [6.07, 6.45) is 3.35. The van der Waals surface area contributed by atoms with Crippen molar-refractivity contribution in [3.8, 4) is 5.75 Å². The smallest absolute Gasteiger partial charge is 0.307 e. The first kappa shape index (κ1) is 16.4. The summed E-state index contributed by atoms with van der Waals surface area (Å²) < 4.78 is 5.83. The maximum absolute atomic E-state index is 11.0. The number of carbonyl (C=O) groups is 1. The average molecular weight is 351 g/mol. The van der Waals surface area contributed by atoms with Crippen molar-refractivity contribution in [1.29, 1.82) is 0 Å². The molecule has 0 spiro atoms. The summed E-state index contributed by atoms with van der Waals surface area (Å²) in [4.78, 5) is 18.6. The van der Waals surface area contributed by atoms with Crippen LogP contribution in [-0.4, -0.2) is 34.2 Å². The van der Waals surface area contributed by atoms with Crippen LogP contribution in [0.2, 0.25) is 0 Å². The number of anilines is 1. The summed E-state index contributed by atoms with van der Waals surface area (Å²) in [5, 5.41) is 13.4. The van der Waals surface area contributed by atoms with E-state index in [-0.39, 0.29) is 11.8 Å². The first-order valence-electron chi connectivity index (χ1n) is 8.84. The number of carboxylic acids is 1. The molecule has 1 aliphatic carbocycles. The van der Waals surface area contributed by atoms with Gasteiger partial charge in [0.15, 0.2) is 0 Å². The van der Waals surface area contributed by atoms with Gasteiger partial charge in [-0.3, -0.25) is 4.79 Å². The van der Waals surface area contributed by atoms with E-state index in [9.17, 15) is 4.79 Å². The van der Waals surface area contributed by atoms with E-state index in [1.807, 2.05) is 42.5 Å². The Balaban J connectivity index is 1.29. The Kier molecular flexibility index (Phi) is 4.48. The first-order chi connectivity index (χ1) is 12.7. The van der Waals surface area contributed by atoms with Crippen LogP contribution >= 0.6 is 0 Å². The minimum absolute atomic E-state index is 0.113. The lowest BCUT2D eigenvalue weighted by atomic mass is 10.2. The van der Waals surface area contributed by atoms with Gasteiger partial charge in [0.2, 0.25) is 0 Å². The predicted octanol–water partition coefficient (Wildman–Crippen LogP) is 3.63. The number of pyridine rings is 1. The van der Waals surface area contributed by atoms with Crippen molar-refractivity contribution >= 4 is 22.7 Å². The van der Waals surface area contributed by atoms with E-state index in [2.05, 4.69) is 15.3 Å². The van der Waals surface area contributed by atoms with Gasteiger partial charge in [0, 0.05) is 35.3 Å². The molecule has 4 rings (SSSR count). The fourth-order valence-electron chi connectivity index (χ4n) is 3.18. The minimum Gasteiger partial charge on any atom is -0.494 e. The zero-order valence-electron chi connectivity index (χ0n) is 14.3. The lowest BCUT2D eigenvalue weighted by molar-refractivity contribution is -0.138. The summed E-state index contributed by atoms with van der Waals surface area (Å²) in [6, 6.07) is 13.7. The van der Waals surface area contributed by atoms with Gasteiger partial charge >= 0.3 is 5.97 Å². The van der Waals surface area contributed by atoms with Gasteiger partial charge in [-0.05, 0) is 49.2 Å². The van der Waals surface area contributed by atoms with Crippen LogP contribution in [0.15, 0.2) is 48.7 Å². The van der Waals surface area contributed by atoms with Crippen molar-refractivity contribution in [3.63, 3.8) is 0 Å². The Morgan fingerprint density at radius 2 is 2.23 bits per heavy atom. The van der Waals surface area contributed by atoms with E-state index in [1.165, 1.54) is 0 Å².